The predicted octanol–water partition coefficient (Wildman–Crippen LogP) is 2.47. The molecule has 1 amide bonds. The minimum absolute atomic E-state index is 0. The van der Waals surface area contributed by atoms with Crippen LogP contribution in [0, 0.1) is 18.7 Å². The van der Waals surface area contributed by atoms with Gasteiger partial charge in [-0.1, -0.05) is 6.92 Å². The van der Waals surface area contributed by atoms with Crippen molar-refractivity contribution in [2.24, 2.45) is 5.92 Å². The van der Waals surface area contributed by atoms with Gasteiger partial charge < -0.3 is 10.6 Å². The number of halogens is 2. The predicted molar refractivity (Wildman–Crippen MR) is 93.4 cm³/mol. The molecule has 1 aromatic heterocycles. The van der Waals surface area contributed by atoms with E-state index in [9.17, 15) is 9.18 Å². The van der Waals surface area contributed by atoms with E-state index in [1.807, 2.05) is 6.92 Å². The van der Waals surface area contributed by atoms with Gasteiger partial charge in [-0.15, -0.1) is 12.4 Å². The smallest absolute Gasteiger partial charge is 0.254 e. The summed E-state index contributed by atoms with van der Waals surface area (Å²) in [5, 5.41) is 10.7. The van der Waals surface area contributed by atoms with Gasteiger partial charge >= 0.3 is 0 Å². The first-order valence-electron chi connectivity index (χ1n) is 7.88. The molecule has 1 saturated heterocycles. The average Bonchev–Trinajstić information content (AvgIpc) is 2.92. The van der Waals surface area contributed by atoms with Crippen LogP contribution in [-0.4, -0.2) is 34.8 Å². The summed E-state index contributed by atoms with van der Waals surface area (Å²) in [5.74, 6) is 0.00572. The lowest BCUT2D eigenvalue weighted by Gasteiger charge is -2.30. The highest BCUT2D eigenvalue weighted by Crippen LogP contribution is 2.16. The Balaban J connectivity index is 0.00000208. The molecule has 5 nitrogen and oxygen atoms in total. The fourth-order valence-corrected chi connectivity index (χ4v) is 2.95. The van der Waals surface area contributed by atoms with Crippen LogP contribution in [0.1, 0.15) is 29.4 Å². The van der Waals surface area contributed by atoms with Crippen molar-refractivity contribution in [2.45, 2.75) is 26.3 Å². The minimum Gasteiger partial charge on any atom is -0.349 e. The molecule has 0 bridgehead atoms. The van der Waals surface area contributed by atoms with Crippen LogP contribution in [-0.2, 0) is 0 Å². The molecule has 0 aliphatic carbocycles. The first-order valence-corrected chi connectivity index (χ1v) is 7.88. The van der Waals surface area contributed by atoms with Gasteiger partial charge in [-0.05, 0) is 56.6 Å². The third-order valence-electron chi connectivity index (χ3n) is 4.43. The lowest BCUT2D eigenvalue weighted by atomic mass is 9.95. The molecule has 0 saturated carbocycles. The quantitative estimate of drug-likeness (QED) is 0.892. The molecular weight excluding hydrogens is 331 g/mol. The first kappa shape index (κ1) is 18.4. The minimum atomic E-state index is -0.295. The molecule has 2 N–H and O–H groups in total. The molecule has 2 heterocycles. The van der Waals surface area contributed by atoms with Crippen LogP contribution in [0.4, 0.5) is 4.39 Å². The van der Waals surface area contributed by atoms with Crippen LogP contribution in [0.15, 0.2) is 30.5 Å². The maximum Gasteiger partial charge on any atom is 0.254 e. The van der Waals surface area contributed by atoms with Crippen molar-refractivity contribution >= 4 is 18.3 Å². The van der Waals surface area contributed by atoms with Crippen LogP contribution in [0.25, 0.3) is 5.69 Å². The van der Waals surface area contributed by atoms with Crippen LogP contribution in [0.5, 0.6) is 0 Å². The zero-order valence-corrected chi connectivity index (χ0v) is 14.6. The Morgan fingerprint density at radius 1 is 1.38 bits per heavy atom. The van der Waals surface area contributed by atoms with Gasteiger partial charge in [-0.2, -0.15) is 5.10 Å². The summed E-state index contributed by atoms with van der Waals surface area (Å²) in [5.41, 5.74) is 2.04. The van der Waals surface area contributed by atoms with E-state index in [1.165, 1.54) is 12.1 Å². The molecular formula is C17H22ClFN4O. The Bertz CT molecular complexity index is 701. The molecule has 1 aromatic carbocycles. The van der Waals surface area contributed by atoms with Gasteiger partial charge in [0.15, 0.2) is 0 Å². The number of rotatable bonds is 3. The zero-order valence-electron chi connectivity index (χ0n) is 13.8. The van der Waals surface area contributed by atoms with Crippen molar-refractivity contribution in [1.29, 1.82) is 0 Å². The number of benzene rings is 1. The molecule has 130 valence electrons. The lowest BCUT2D eigenvalue weighted by Crippen LogP contribution is -2.48. The third kappa shape index (κ3) is 3.76. The normalized spacial score (nSPS) is 20.3. The number of nitrogens with zero attached hydrogens (tertiary/aromatic N) is 2. The van der Waals surface area contributed by atoms with E-state index < -0.39 is 0 Å². The Morgan fingerprint density at radius 3 is 2.75 bits per heavy atom. The van der Waals surface area contributed by atoms with Gasteiger partial charge in [-0.25, -0.2) is 9.07 Å². The highest BCUT2D eigenvalue weighted by molar-refractivity contribution is 5.95. The number of aromatic nitrogens is 2. The number of nitrogens with one attached hydrogen (secondary N) is 2. The number of hydrogen-bond acceptors (Lipinski definition) is 3. The van der Waals surface area contributed by atoms with Gasteiger partial charge in [0.1, 0.15) is 5.82 Å². The highest BCUT2D eigenvalue weighted by atomic mass is 35.5. The van der Waals surface area contributed by atoms with Crippen LogP contribution >= 0.6 is 12.4 Å². The molecule has 1 aliphatic rings. The number of carbonyl (C=O) groups is 1. The number of amides is 1. The third-order valence-corrected chi connectivity index (χ3v) is 4.43. The van der Waals surface area contributed by atoms with Crippen molar-refractivity contribution < 1.29 is 9.18 Å². The Morgan fingerprint density at radius 2 is 2.08 bits per heavy atom. The van der Waals surface area contributed by atoms with E-state index in [0.717, 1.165) is 30.9 Å². The van der Waals surface area contributed by atoms with Crippen LogP contribution < -0.4 is 10.6 Å². The molecule has 1 aliphatic heterocycles. The second-order valence-electron chi connectivity index (χ2n) is 6.08. The largest absolute Gasteiger partial charge is 0.349 e. The van der Waals surface area contributed by atoms with Crippen LogP contribution in [0.3, 0.4) is 0 Å². The van der Waals surface area contributed by atoms with E-state index >= 15 is 0 Å². The summed E-state index contributed by atoms with van der Waals surface area (Å²) < 4.78 is 14.7. The van der Waals surface area contributed by atoms with Gasteiger partial charge in [0, 0.05) is 6.04 Å². The molecule has 0 radical (unpaired) electrons. The van der Waals surface area contributed by atoms with E-state index in [-0.39, 0.29) is 30.2 Å². The fourth-order valence-electron chi connectivity index (χ4n) is 2.95. The first-order chi connectivity index (χ1) is 11.1. The number of carbonyl (C=O) groups excluding carboxylic acids is 1. The summed E-state index contributed by atoms with van der Waals surface area (Å²) in [6.45, 7) is 5.81. The Kier molecular flexibility index (Phi) is 5.96. The van der Waals surface area contributed by atoms with Gasteiger partial charge in [0.25, 0.3) is 5.91 Å². The molecule has 3 rings (SSSR count). The van der Waals surface area contributed by atoms with E-state index in [0.29, 0.717) is 11.5 Å². The Labute approximate surface area is 147 Å². The molecule has 2 atom stereocenters. The Hall–Kier alpha value is -1.92. The summed E-state index contributed by atoms with van der Waals surface area (Å²) in [6, 6.07) is 6.23. The van der Waals surface area contributed by atoms with Crippen molar-refractivity contribution in [1.82, 2.24) is 20.4 Å². The van der Waals surface area contributed by atoms with Gasteiger partial charge in [0.2, 0.25) is 0 Å². The van der Waals surface area contributed by atoms with Crippen molar-refractivity contribution in [3.63, 3.8) is 0 Å². The molecule has 2 unspecified atom stereocenters. The number of hydrogen-bond donors (Lipinski definition) is 2. The lowest BCUT2D eigenvalue weighted by molar-refractivity contribution is 0.0913. The highest BCUT2D eigenvalue weighted by Gasteiger charge is 2.24. The fraction of sp³-hybridized carbons (Fsp3) is 0.412. The number of piperidine rings is 1. The molecule has 2 aromatic rings. The molecule has 0 spiro atoms. The van der Waals surface area contributed by atoms with E-state index in [2.05, 4.69) is 22.7 Å². The summed E-state index contributed by atoms with van der Waals surface area (Å²) in [6.07, 6.45) is 2.50. The second kappa shape index (κ2) is 7.77. The zero-order chi connectivity index (χ0) is 16.4. The monoisotopic (exact) mass is 352 g/mol. The molecule has 7 heteroatoms. The summed E-state index contributed by atoms with van der Waals surface area (Å²) in [4.78, 5) is 12.5. The summed E-state index contributed by atoms with van der Waals surface area (Å²) >= 11 is 0. The van der Waals surface area contributed by atoms with Crippen LogP contribution in [0.2, 0.25) is 0 Å². The topological polar surface area (TPSA) is 59.0 Å². The SMILES string of the molecule is Cc1c(C(=O)NC2CCNCC2C)cnn1-c1ccc(F)cc1.Cl. The van der Waals surface area contributed by atoms with Crippen molar-refractivity contribution in [3.05, 3.63) is 47.5 Å². The van der Waals surface area contributed by atoms with E-state index in [1.54, 1.807) is 23.0 Å². The van der Waals surface area contributed by atoms with E-state index in [4.69, 9.17) is 0 Å². The van der Waals surface area contributed by atoms with Gasteiger partial charge in [-0.3, -0.25) is 4.79 Å². The van der Waals surface area contributed by atoms with Crippen molar-refractivity contribution in [3.8, 4) is 5.69 Å². The maximum absolute atomic E-state index is 13.0. The second-order valence-corrected chi connectivity index (χ2v) is 6.08. The van der Waals surface area contributed by atoms with Gasteiger partial charge in [0.05, 0.1) is 23.1 Å². The maximum atomic E-state index is 13.0. The van der Waals surface area contributed by atoms with Crippen molar-refractivity contribution in [2.75, 3.05) is 13.1 Å². The summed E-state index contributed by atoms with van der Waals surface area (Å²) in [7, 11) is 0. The average molecular weight is 353 g/mol. The standard InChI is InChI=1S/C17H21FN4O.ClH/c1-11-9-19-8-7-16(11)21-17(23)15-10-20-22(12(15)2)14-5-3-13(18)4-6-14;/h3-6,10-11,16,19H,7-9H2,1-2H3,(H,21,23);1H. The molecule has 1 fully saturated rings. The molecule has 24 heavy (non-hydrogen) atoms.